The normalized spacial score (nSPS) is 11.9. The van der Waals surface area contributed by atoms with Crippen molar-refractivity contribution < 1.29 is 9.90 Å². The number of rotatable bonds is 3. The minimum Gasteiger partial charge on any atom is -0.465 e. The van der Waals surface area contributed by atoms with Crippen molar-refractivity contribution in [1.29, 1.82) is 0 Å². The van der Waals surface area contributed by atoms with Crippen molar-refractivity contribution in [3.63, 3.8) is 0 Å². The van der Waals surface area contributed by atoms with E-state index in [1.165, 1.54) is 6.20 Å². The molecule has 0 saturated carbocycles. The lowest BCUT2D eigenvalue weighted by atomic mass is 10.1. The Hall–Kier alpha value is -1.53. The van der Waals surface area contributed by atoms with Gasteiger partial charge in [-0.2, -0.15) is 0 Å². The second-order valence-electron chi connectivity index (χ2n) is 2.91. The van der Waals surface area contributed by atoms with E-state index in [0.29, 0.717) is 16.4 Å². The molecule has 0 fully saturated rings. The highest BCUT2D eigenvalue weighted by atomic mass is 35.5. The van der Waals surface area contributed by atoms with Gasteiger partial charge in [0.25, 0.3) is 0 Å². The van der Waals surface area contributed by atoms with Crippen molar-refractivity contribution in [2.24, 2.45) is 5.84 Å². The summed E-state index contributed by atoms with van der Waals surface area (Å²) in [6.07, 6.45) is 0.404. The fraction of sp³-hybridized carbons (Fsp3) is 0.250. The van der Waals surface area contributed by atoms with E-state index in [9.17, 15) is 4.79 Å². The van der Waals surface area contributed by atoms with Crippen molar-refractivity contribution >= 4 is 23.5 Å². The molecule has 0 aliphatic rings. The second-order valence-corrected chi connectivity index (χ2v) is 3.32. The molecule has 0 aromatic carbocycles. The van der Waals surface area contributed by atoms with E-state index < -0.39 is 6.09 Å². The van der Waals surface area contributed by atoms with E-state index in [1.807, 2.05) is 0 Å². The van der Waals surface area contributed by atoms with Crippen LogP contribution in [0.1, 0.15) is 18.5 Å². The molecule has 15 heavy (non-hydrogen) atoms. The molecule has 1 atom stereocenters. The number of hydrogen-bond donors (Lipinski definition) is 4. The van der Waals surface area contributed by atoms with Gasteiger partial charge in [0.05, 0.1) is 11.1 Å². The Morgan fingerprint density at radius 1 is 1.73 bits per heavy atom. The summed E-state index contributed by atoms with van der Waals surface area (Å²) in [5.74, 6) is 5.50. The van der Waals surface area contributed by atoms with Gasteiger partial charge in [0.1, 0.15) is 0 Å². The average Bonchev–Trinajstić information content (AvgIpc) is 2.16. The first-order valence-corrected chi connectivity index (χ1v) is 4.54. The summed E-state index contributed by atoms with van der Waals surface area (Å²) in [6, 6.07) is 1.23. The van der Waals surface area contributed by atoms with Crippen LogP contribution < -0.4 is 16.6 Å². The van der Waals surface area contributed by atoms with E-state index in [0.717, 1.165) is 0 Å². The van der Waals surface area contributed by atoms with E-state index in [4.69, 9.17) is 22.6 Å². The monoisotopic (exact) mass is 230 g/mol. The third-order valence-corrected chi connectivity index (χ3v) is 2.13. The van der Waals surface area contributed by atoms with Gasteiger partial charge >= 0.3 is 6.09 Å². The molecule has 1 aromatic rings. The third-order valence-electron chi connectivity index (χ3n) is 1.84. The van der Waals surface area contributed by atoms with Crippen molar-refractivity contribution in [2.75, 3.05) is 5.43 Å². The molecule has 1 unspecified atom stereocenters. The van der Waals surface area contributed by atoms with E-state index >= 15 is 0 Å². The Labute approximate surface area is 91.4 Å². The maximum atomic E-state index is 10.4. The Morgan fingerprint density at radius 2 is 2.40 bits per heavy atom. The highest BCUT2D eigenvalue weighted by molar-refractivity contribution is 6.32. The molecule has 0 aliphatic carbocycles. The van der Waals surface area contributed by atoms with Crippen LogP contribution in [-0.2, 0) is 0 Å². The number of nitrogen functional groups attached to an aromatic ring is 1. The Kier molecular flexibility index (Phi) is 3.70. The van der Waals surface area contributed by atoms with Crippen LogP contribution in [0.15, 0.2) is 12.3 Å². The van der Waals surface area contributed by atoms with Gasteiger partial charge in [-0.15, -0.1) is 0 Å². The molecular weight excluding hydrogens is 220 g/mol. The lowest BCUT2D eigenvalue weighted by molar-refractivity contribution is 0.191. The number of anilines is 1. The Balaban J connectivity index is 2.87. The number of halogens is 1. The number of nitrogens with two attached hydrogens (primary N) is 1. The number of hydrogen-bond acceptors (Lipinski definition) is 4. The smallest absolute Gasteiger partial charge is 0.405 e. The first kappa shape index (κ1) is 11.5. The topological polar surface area (TPSA) is 100 Å². The van der Waals surface area contributed by atoms with Crippen LogP contribution in [0.2, 0.25) is 5.02 Å². The molecule has 1 amide bonds. The Morgan fingerprint density at radius 3 is 2.87 bits per heavy atom. The number of nitrogens with one attached hydrogen (secondary N) is 2. The maximum Gasteiger partial charge on any atom is 0.405 e. The quantitative estimate of drug-likeness (QED) is 0.464. The van der Waals surface area contributed by atoms with Gasteiger partial charge in [-0.3, -0.25) is 0 Å². The minimum atomic E-state index is -1.10. The largest absolute Gasteiger partial charge is 0.465 e. The van der Waals surface area contributed by atoms with Crippen LogP contribution in [0, 0.1) is 0 Å². The number of aromatic nitrogens is 1. The summed E-state index contributed by atoms with van der Waals surface area (Å²) < 4.78 is 0. The number of hydrazine groups is 1. The van der Waals surface area contributed by atoms with Crippen molar-refractivity contribution in [1.82, 2.24) is 10.3 Å². The number of pyridine rings is 1. The van der Waals surface area contributed by atoms with Crippen LogP contribution in [0.5, 0.6) is 0 Å². The predicted molar refractivity (Wildman–Crippen MR) is 56.6 cm³/mol. The molecule has 1 rings (SSSR count). The zero-order valence-corrected chi connectivity index (χ0v) is 8.75. The lowest BCUT2D eigenvalue weighted by Gasteiger charge is -2.12. The van der Waals surface area contributed by atoms with Crippen molar-refractivity contribution in [3.8, 4) is 0 Å². The van der Waals surface area contributed by atoms with E-state index in [2.05, 4.69) is 15.7 Å². The molecule has 5 N–H and O–H groups in total. The standard InChI is InChI=1S/C8H11ClN4O2/c1-4(12-8(14)15)5-2-6(9)7(13-10)11-3-5/h2-4,12H,10H2,1H3,(H,11,13)(H,14,15). The molecule has 82 valence electrons. The van der Waals surface area contributed by atoms with Crippen molar-refractivity contribution in [3.05, 3.63) is 22.8 Å². The number of carboxylic acid groups (broad SMARTS) is 1. The summed E-state index contributed by atoms with van der Waals surface area (Å²) in [7, 11) is 0. The van der Waals surface area contributed by atoms with Crippen LogP contribution in [0.4, 0.5) is 10.6 Å². The summed E-state index contributed by atoms with van der Waals surface area (Å²) in [4.78, 5) is 14.3. The molecule has 1 aromatic heterocycles. The molecule has 0 radical (unpaired) electrons. The fourth-order valence-electron chi connectivity index (χ4n) is 1.06. The summed E-state index contributed by atoms with van der Waals surface area (Å²) in [5.41, 5.74) is 2.99. The first-order chi connectivity index (χ1) is 7.04. The molecule has 1 heterocycles. The van der Waals surface area contributed by atoms with Gasteiger partial charge < -0.3 is 15.8 Å². The zero-order valence-electron chi connectivity index (χ0n) is 7.99. The second kappa shape index (κ2) is 4.81. The highest BCUT2D eigenvalue weighted by Crippen LogP contribution is 2.22. The number of amides is 1. The molecule has 0 bridgehead atoms. The van der Waals surface area contributed by atoms with Crippen LogP contribution in [0.3, 0.4) is 0 Å². The Bertz CT molecular complexity index is 372. The molecule has 0 aliphatic heterocycles. The van der Waals surface area contributed by atoms with Gasteiger partial charge in [0.15, 0.2) is 5.82 Å². The molecule has 0 spiro atoms. The molecule has 7 heteroatoms. The molecular formula is C8H11ClN4O2. The summed E-state index contributed by atoms with van der Waals surface area (Å²) >= 11 is 5.83. The van der Waals surface area contributed by atoms with E-state index in [-0.39, 0.29) is 6.04 Å². The zero-order chi connectivity index (χ0) is 11.4. The lowest BCUT2D eigenvalue weighted by Crippen LogP contribution is -2.24. The predicted octanol–water partition coefficient (Wildman–Crippen LogP) is 1.35. The molecule has 0 saturated heterocycles. The SMILES string of the molecule is CC(NC(=O)O)c1cnc(NN)c(Cl)c1. The van der Waals surface area contributed by atoms with Crippen LogP contribution in [-0.4, -0.2) is 16.2 Å². The maximum absolute atomic E-state index is 10.4. The van der Waals surface area contributed by atoms with Gasteiger partial charge in [-0.25, -0.2) is 15.6 Å². The summed E-state index contributed by atoms with van der Waals surface area (Å²) in [6.45, 7) is 1.69. The summed E-state index contributed by atoms with van der Waals surface area (Å²) in [5, 5.41) is 11.2. The van der Waals surface area contributed by atoms with E-state index in [1.54, 1.807) is 13.0 Å². The average molecular weight is 231 g/mol. The first-order valence-electron chi connectivity index (χ1n) is 4.16. The van der Waals surface area contributed by atoms with Gasteiger partial charge in [0.2, 0.25) is 0 Å². The molecule has 6 nitrogen and oxygen atoms in total. The third kappa shape index (κ3) is 2.97. The number of carbonyl (C=O) groups is 1. The minimum absolute atomic E-state index is 0.342. The van der Waals surface area contributed by atoms with Crippen LogP contribution >= 0.6 is 11.6 Å². The van der Waals surface area contributed by atoms with Crippen molar-refractivity contribution in [2.45, 2.75) is 13.0 Å². The van der Waals surface area contributed by atoms with Crippen LogP contribution in [0.25, 0.3) is 0 Å². The highest BCUT2D eigenvalue weighted by Gasteiger charge is 2.10. The van der Waals surface area contributed by atoms with Gasteiger partial charge in [-0.05, 0) is 18.6 Å². The number of nitrogens with zero attached hydrogens (tertiary/aromatic N) is 1. The van der Waals surface area contributed by atoms with Gasteiger partial charge in [0, 0.05) is 6.20 Å². The fourth-order valence-corrected chi connectivity index (χ4v) is 1.29. The van der Waals surface area contributed by atoms with Gasteiger partial charge in [-0.1, -0.05) is 11.6 Å².